The van der Waals surface area contributed by atoms with Gasteiger partial charge >= 0.3 is 0 Å². The maximum atomic E-state index is 6.09. The number of benzene rings is 3. The molecule has 29 heavy (non-hydrogen) atoms. The van der Waals surface area contributed by atoms with Crippen LogP contribution < -0.4 is 14.8 Å². The maximum absolute atomic E-state index is 6.09. The molecule has 0 saturated heterocycles. The third kappa shape index (κ3) is 6.38. The summed E-state index contributed by atoms with van der Waals surface area (Å²) >= 11 is 15.7. The second-order valence-electron chi connectivity index (χ2n) is 6.46. The van der Waals surface area contributed by atoms with E-state index in [4.69, 9.17) is 32.7 Å². The molecule has 3 aromatic carbocycles. The normalized spacial score (nSPS) is 10.8. The fourth-order valence-corrected chi connectivity index (χ4v) is 3.78. The van der Waals surface area contributed by atoms with Crippen LogP contribution >= 0.6 is 39.1 Å². The van der Waals surface area contributed by atoms with Crippen LogP contribution in [-0.4, -0.2) is 6.61 Å². The lowest BCUT2D eigenvalue weighted by atomic mass is 10.1. The van der Waals surface area contributed by atoms with Crippen LogP contribution in [-0.2, 0) is 19.7 Å². The first kappa shape index (κ1) is 22.0. The Kier molecular flexibility index (Phi) is 8.25. The lowest BCUT2D eigenvalue weighted by Crippen LogP contribution is -2.13. The molecular formula is C23H22BrCl2NO2. The summed E-state index contributed by atoms with van der Waals surface area (Å²) in [6.45, 7) is 4.40. The predicted molar refractivity (Wildman–Crippen MR) is 123 cm³/mol. The minimum absolute atomic E-state index is 0.362. The van der Waals surface area contributed by atoms with Crippen molar-refractivity contribution in [2.45, 2.75) is 26.6 Å². The third-order valence-corrected chi connectivity index (χ3v) is 5.57. The summed E-state index contributed by atoms with van der Waals surface area (Å²) in [5, 5.41) is 4.50. The molecule has 3 aromatic rings. The highest BCUT2D eigenvalue weighted by atomic mass is 79.9. The molecule has 3 rings (SSSR count). The Bertz CT molecular complexity index is 951. The van der Waals surface area contributed by atoms with Crippen molar-refractivity contribution in [2.75, 3.05) is 6.61 Å². The molecule has 0 spiro atoms. The van der Waals surface area contributed by atoms with Gasteiger partial charge in [0.2, 0.25) is 0 Å². The van der Waals surface area contributed by atoms with Crippen molar-refractivity contribution in [1.29, 1.82) is 0 Å². The van der Waals surface area contributed by atoms with Gasteiger partial charge in [0.1, 0.15) is 6.61 Å². The van der Waals surface area contributed by atoms with Crippen LogP contribution in [0.15, 0.2) is 65.1 Å². The van der Waals surface area contributed by atoms with E-state index in [-0.39, 0.29) is 0 Å². The topological polar surface area (TPSA) is 30.5 Å². The molecule has 1 N–H and O–H groups in total. The van der Waals surface area contributed by atoms with Crippen LogP contribution in [0.5, 0.6) is 11.5 Å². The summed E-state index contributed by atoms with van der Waals surface area (Å²) < 4.78 is 12.7. The van der Waals surface area contributed by atoms with Gasteiger partial charge < -0.3 is 14.8 Å². The number of ether oxygens (including phenoxy) is 2. The lowest BCUT2D eigenvalue weighted by Gasteiger charge is -2.16. The van der Waals surface area contributed by atoms with Gasteiger partial charge in [0.25, 0.3) is 0 Å². The molecular weight excluding hydrogens is 473 g/mol. The lowest BCUT2D eigenvalue weighted by molar-refractivity contribution is 0.267. The van der Waals surface area contributed by atoms with Crippen molar-refractivity contribution < 1.29 is 9.47 Å². The molecule has 0 radical (unpaired) electrons. The fraction of sp³-hybridized carbons (Fsp3) is 0.217. The quantitative estimate of drug-likeness (QED) is 0.346. The number of halogens is 3. The van der Waals surface area contributed by atoms with Crippen molar-refractivity contribution >= 4 is 39.1 Å². The van der Waals surface area contributed by atoms with Crippen molar-refractivity contribution in [3.63, 3.8) is 0 Å². The molecule has 6 heteroatoms. The summed E-state index contributed by atoms with van der Waals surface area (Å²) in [7, 11) is 0. The van der Waals surface area contributed by atoms with Crippen LogP contribution in [0.25, 0.3) is 0 Å². The van der Waals surface area contributed by atoms with Crippen molar-refractivity contribution in [2.24, 2.45) is 0 Å². The highest BCUT2D eigenvalue weighted by molar-refractivity contribution is 9.10. The molecule has 0 fully saturated rings. The monoisotopic (exact) mass is 493 g/mol. The summed E-state index contributed by atoms with van der Waals surface area (Å²) in [5.74, 6) is 1.38. The van der Waals surface area contributed by atoms with Gasteiger partial charge in [0, 0.05) is 13.1 Å². The van der Waals surface area contributed by atoms with E-state index in [1.165, 1.54) is 5.56 Å². The fourth-order valence-electron chi connectivity index (χ4n) is 2.86. The second-order valence-corrected chi connectivity index (χ2v) is 8.13. The molecule has 0 bridgehead atoms. The number of nitrogens with one attached hydrogen (secondary N) is 1. The highest BCUT2D eigenvalue weighted by Crippen LogP contribution is 2.37. The zero-order chi connectivity index (χ0) is 20.6. The Labute approximate surface area is 190 Å². The van der Waals surface area contributed by atoms with Crippen molar-refractivity contribution in [3.05, 3.63) is 91.9 Å². The van der Waals surface area contributed by atoms with E-state index in [9.17, 15) is 0 Å². The van der Waals surface area contributed by atoms with Crippen LogP contribution in [0, 0.1) is 0 Å². The first-order valence-electron chi connectivity index (χ1n) is 9.33. The Hall–Kier alpha value is -1.72. The van der Waals surface area contributed by atoms with Gasteiger partial charge in [-0.15, -0.1) is 0 Å². The van der Waals surface area contributed by atoms with Crippen molar-refractivity contribution in [1.82, 2.24) is 5.32 Å². The average molecular weight is 495 g/mol. The first-order valence-corrected chi connectivity index (χ1v) is 10.9. The van der Waals surface area contributed by atoms with E-state index in [2.05, 4.69) is 33.4 Å². The van der Waals surface area contributed by atoms with Gasteiger partial charge in [0.15, 0.2) is 11.5 Å². The van der Waals surface area contributed by atoms with Crippen LogP contribution in [0.2, 0.25) is 10.0 Å². The molecule has 0 amide bonds. The molecule has 0 aromatic heterocycles. The number of rotatable bonds is 9. The zero-order valence-corrected chi connectivity index (χ0v) is 19.2. The molecule has 0 heterocycles. The minimum Gasteiger partial charge on any atom is -0.490 e. The molecule has 152 valence electrons. The van der Waals surface area contributed by atoms with Crippen LogP contribution in [0.4, 0.5) is 0 Å². The third-order valence-electron chi connectivity index (χ3n) is 4.24. The molecule has 3 nitrogen and oxygen atoms in total. The van der Waals surface area contributed by atoms with Gasteiger partial charge in [-0.1, -0.05) is 59.6 Å². The Morgan fingerprint density at radius 3 is 2.31 bits per heavy atom. The number of hydrogen-bond donors (Lipinski definition) is 1. The Balaban J connectivity index is 1.69. The molecule has 0 saturated carbocycles. The van der Waals surface area contributed by atoms with E-state index >= 15 is 0 Å². The SMILES string of the molecule is CCOc1cc(CNCc2ccccc2)cc(Br)c1OCc1ccc(Cl)c(Cl)c1. The minimum atomic E-state index is 0.362. The van der Waals surface area contributed by atoms with E-state index in [0.29, 0.717) is 34.8 Å². The summed E-state index contributed by atoms with van der Waals surface area (Å²) in [5.41, 5.74) is 3.29. The molecule has 0 aliphatic rings. The Morgan fingerprint density at radius 1 is 0.828 bits per heavy atom. The second kappa shape index (κ2) is 10.9. The van der Waals surface area contributed by atoms with Crippen LogP contribution in [0.3, 0.4) is 0 Å². The van der Waals surface area contributed by atoms with E-state index in [1.807, 2.05) is 43.3 Å². The highest BCUT2D eigenvalue weighted by Gasteiger charge is 2.13. The van der Waals surface area contributed by atoms with E-state index in [1.54, 1.807) is 12.1 Å². The molecule has 0 atom stereocenters. The van der Waals surface area contributed by atoms with Gasteiger partial charge in [-0.2, -0.15) is 0 Å². The molecule has 0 unspecified atom stereocenters. The Morgan fingerprint density at radius 2 is 1.59 bits per heavy atom. The smallest absolute Gasteiger partial charge is 0.175 e. The standard InChI is InChI=1S/C23H22BrCl2NO2/c1-2-28-22-12-18(14-27-13-16-6-4-3-5-7-16)10-19(24)23(22)29-15-17-8-9-20(25)21(26)11-17/h3-12,27H,2,13-15H2,1H3. The van der Waals surface area contributed by atoms with Crippen LogP contribution in [0.1, 0.15) is 23.6 Å². The zero-order valence-electron chi connectivity index (χ0n) is 16.1. The van der Waals surface area contributed by atoms with Gasteiger partial charge in [-0.3, -0.25) is 0 Å². The van der Waals surface area contributed by atoms with Gasteiger partial charge in [-0.05, 0) is 63.8 Å². The summed E-state index contributed by atoms with van der Waals surface area (Å²) in [6.07, 6.45) is 0. The predicted octanol–water partition coefficient (Wildman–Crippen LogP) is 7.02. The van der Waals surface area contributed by atoms with E-state index in [0.717, 1.165) is 28.7 Å². The van der Waals surface area contributed by atoms with Gasteiger partial charge in [0.05, 0.1) is 21.1 Å². The van der Waals surface area contributed by atoms with E-state index < -0.39 is 0 Å². The molecule has 0 aliphatic carbocycles. The maximum Gasteiger partial charge on any atom is 0.175 e. The number of hydrogen-bond acceptors (Lipinski definition) is 3. The molecule has 0 aliphatic heterocycles. The first-order chi connectivity index (χ1) is 14.1. The van der Waals surface area contributed by atoms with Crippen molar-refractivity contribution in [3.8, 4) is 11.5 Å². The average Bonchev–Trinajstić information content (AvgIpc) is 2.71. The summed E-state index contributed by atoms with van der Waals surface area (Å²) in [6, 6.07) is 19.8. The largest absolute Gasteiger partial charge is 0.490 e. The van der Waals surface area contributed by atoms with Gasteiger partial charge in [-0.25, -0.2) is 0 Å². The summed E-state index contributed by atoms with van der Waals surface area (Å²) in [4.78, 5) is 0.